The number of para-hydroxylation sites is 2. The number of nitrogens with zero attached hydrogens (tertiary/aromatic N) is 5. The maximum atomic E-state index is 12.6. The number of rotatable bonds is 6. The van der Waals surface area contributed by atoms with Crippen molar-refractivity contribution in [3.8, 4) is 0 Å². The van der Waals surface area contributed by atoms with Crippen molar-refractivity contribution in [1.82, 2.24) is 29.6 Å². The molecule has 0 unspecified atom stereocenters. The van der Waals surface area contributed by atoms with E-state index < -0.39 is 0 Å². The molecule has 1 aromatic carbocycles. The third-order valence-corrected chi connectivity index (χ3v) is 4.88. The predicted octanol–water partition coefficient (Wildman–Crippen LogP) is 3.49. The molecule has 0 fully saturated rings. The first-order valence-corrected chi connectivity index (χ1v) is 9.57. The number of aromatic nitrogens is 5. The van der Waals surface area contributed by atoms with Crippen LogP contribution in [0.15, 0.2) is 42.9 Å². The Balaban J connectivity index is 1.40. The highest BCUT2D eigenvalue weighted by molar-refractivity contribution is 5.98. The molecule has 7 heteroatoms. The van der Waals surface area contributed by atoms with Gasteiger partial charge in [0.2, 0.25) is 0 Å². The zero-order valence-electron chi connectivity index (χ0n) is 16.4. The number of benzene rings is 1. The van der Waals surface area contributed by atoms with Crippen LogP contribution in [0.25, 0.3) is 22.1 Å². The van der Waals surface area contributed by atoms with E-state index in [1.807, 2.05) is 42.2 Å². The van der Waals surface area contributed by atoms with E-state index in [0.717, 1.165) is 35.0 Å². The summed E-state index contributed by atoms with van der Waals surface area (Å²) in [7, 11) is 0. The summed E-state index contributed by atoms with van der Waals surface area (Å²) in [4.78, 5) is 21.6. The van der Waals surface area contributed by atoms with E-state index in [9.17, 15) is 4.79 Å². The van der Waals surface area contributed by atoms with Crippen LogP contribution in [0, 0.1) is 6.92 Å². The van der Waals surface area contributed by atoms with Gasteiger partial charge < -0.3 is 9.88 Å². The number of hydrogen-bond donors (Lipinski definition) is 1. The number of carbonyl (C=O) groups is 1. The molecule has 1 N–H and O–H groups in total. The zero-order valence-corrected chi connectivity index (χ0v) is 16.4. The van der Waals surface area contributed by atoms with Crippen LogP contribution in [-0.4, -0.2) is 36.8 Å². The lowest BCUT2D eigenvalue weighted by molar-refractivity contribution is 0.0952. The third-order valence-electron chi connectivity index (χ3n) is 4.88. The van der Waals surface area contributed by atoms with Gasteiger partial charge in [-0.2, -0.15) is 5.10 Å². The molecule has 0 saturated carbocycles. The van der Waals surface area contributed by atoms with E-state index in [4.69, 9.17) is 0 Å². The highest BCUT2D eigenvalue weighted by atomic mass is 16.1. The second-order valence-corrected chi connectivity index (χ2v) is 7.25. The van der Waals surface area contributed by atoms with E-state index in [2.05, 4.69) is 44.9 Å². The van der Waals surface area contributed by atoms with E-state index in [1.165, 1.54) is 0 Å². The van der Waals surface area contributed by atoms with Crippen LogP contribution in [0.1, 0.15) is 42.4 Å². The first-order valence-electron chi connectivity index (χ1n) is 9.57. The first-order chi connectivity index (χ1) is 13.5. The normalized spacial score (nSPS) is 11.6. The molecule has 28 heavy (non-hydrogen) atoms. The molecule has 0 aliphatic heterocycles. The summed E-state index contributed by atoms with van der Waals surface area (Å²) in [5.74, 6) is -0.0975. The minimum absolute atomic E-state index is 0.0975. The number of carbonyl (C=O) groups excluding carboxylic acids is 1. The van der Waals surface area contributed by atoms with Gasteiger partial charge in [-0.3, -0.25) is 4.79 Å². The summed E-state index contributed by atoms with van der Waals surface area (Å²) in [5.41, 5.74) is 4.23. The van der Waals surface area contributed by atoms with Crippen molar-refractivity contribution in [2.24, 2.45) is 0 Å². The minimum atomic E-state index is -0.0975. The predicted molar refractivity (Wildman–Crippen MR) is 109 cm³/mol. The average molecular weight is 376 g/mol. The molecule has 3 aromatic heterocycles. The number of imidazole rings is 1. The number of nitrogens with one attached hydrogen (secondary N) is 1. The van der Waals surface area contributed by atoms with E-state index in [-0.39, 0.29) is 11.9 Å². The Morgan fingerprint density at radius 3 is 2.89 bits per heavy atom. The lowest BCUT2D eigenvalue weighted by Crippen LogP contribution is -2.26. The van der Waals surface area contributed by atoms with Crippen LogP contribution in [0.5, 0.6) is 0 Å². The lowest BCUT2D eigenvalue weighted by Gasteiger charge is -2.10. The van der Waals surface area contributed by atoms with Gasteiger partial charge in [-0.15, -0.1) is 0 Å². The summed E-state index contributed by atoms with van der Waals surface area (Å²) in [6.07, 6.45) is 4.44. The molecule has 3 heterocycles. The molecule has 0 spiro atoms. The van der Waals surface area contributed by atoms with Gasteiger partial charge in [0.1, 0.15) is 0 Å². The summed E-state index contributed by atoms with van der Waals surface area (Å²) >= 11 is 0. The minimum Gasteiger partial charge on any atom is -0.352 e. The van der Waals surface area contributed by atoms with E-state index >= 15 is 0 Å². The fourth-order valence-corrected chi connectivity index (χ4v) is 3.41. The van der Waals surface area contributed by atoms with Gasteiger partial charge in [0.05, 0.1) is 34.8 Å². The van der Waals surface area contributed by atoms with Crippen LogP contribution in [-0.2, 0) is 6.54 Å². The molecule has 7 nitrogen and oxygen atoms in total. The van der Waals surface area contributed by atoms with Gasteiger partial charge in [-0.1, -0.05) is 12.1 Å². The Morgan fingerprint density at radius 1 is 1.25 bits per heavy atom. The topological polar surface area (TPSA) is 77.6 Å². The van der Waals surface area contributed by atoms with E-state index in [1.54, 1.807) is 6.20 Å². The zero-order chi connectivity index (χ0) is 19.7. The van der Waals surface area contributed by atoms with E-state index in [0.29, 0.717) is 17.8 Å². The molecule has 0 saturated heterocycles. The summed E-state index contributed by atoms with van der Waals surface area (Å²) < 4.78 is 3.99. The number of pyridine rings is 1. The monoisotopic (exact) mass is 376 g/mol. The first kappa shape index (κ1) is 18.2. The van der Waals surface area contributed by atoms with Gasteiger partial charge in [0.15, 0.2) is 5.65 Å². The summed E-state index contributed by atoms with van der Waals surface area (Å²) in [6.45, 7) is 7.39. The smallest absolute Gasteiger partial charge is 0.253 e. The Labute approximate surface area is 163 Å². The Kier molecular flexibility index (Phi) is 4.81. The van der Waals surface area contributed by atoms with Crippen molar-refractivity contribution < 1.29 is 4.79 Å². The van der Waals surface area contributed by atoms with Crippen LogP contribution < -0.4 is 5.32 Å². The molecule has 0 atom stereocenters. The van der Waals surface area contributed by atoms with Crippen LogP contribution in [0.2, 0.25) is 0 Å². The quantitative estimate of drug-likeness (QED) is 0.523. The number of fused-ring (bicyclic) bond motifs is 2. The summed E-state index contributed by atoms with van der Waals surface area (Å²) in [5, 5.41) is 8.27. The molecule has 4 aromatic rings. The number of amides is 1. The van der Waals surface area contributed by atoms with Crippen LogP contribution in [0.3, 0.4) is 0 Å². The van der Waals surface area contributed by atoms with Gasteiger partial charge in [0, 0.05) is 24.5 Å². The third kappa shape index (κ3) is 3.35. The van der Waals surface area contributed by atoms with Crippen molar-refractivity contribution in [3.63, 3.8) is 0 Å². The highest BCUT2D eigenvalue weighted by Gasteiger charge is 2.15. The fraction of sp³-hybridized carbons (Fsp3) is 0.333. The van der Waals surface area contributed by atoms with Gasteiger partial charge >= 0.3 is 0 Å². The van der Waals surface area contributed by atoms with Crippen molar-refractivity contribution in [1.29, 1.82) is 0 Å². The molecule has 0 aliphatic rings. The number of hydrogen-bond acceptors (Lipinski definition) is 4. The maximum Gasteiger partial charge on any atom is 0.253 e. The standard InChI is InChI=1S/C21H24N6O/c1-14(2)27-20-16(12-24-27)11-17(15(3)25-20)21(28)22-9-6-10-26-13-23-18-7-4-5-8-19(18)26/h4-5,7-8,11-14H,6,9-10H2,1-3H3,(H,22,28). The van der Waals surface area contributed by atoms with Crippen LogP contribution >= 0.6 is 0 Å². The molecule has 0 aliphatic carbocycles. The second-order valence-electron chi connectivity index (χ2n) is 7.25. The fourth-order valence-electron chi connectivity index (χ4n) is 3.41. The highest BCUT2D eigenvalue weighted by Crippen LogP contribution is 2.19. The Morgan fingerprint density at radius 2 is 2.07 bits per heavy atom. The maximum absolute atomic E-state index is 12.6. The van der Waals surface area contributed by atoms with Crippen LogP contribution in [0.4, 0.5) is 0 Å². The van der Waals surface area contributed by atoms with Crippen molar-refractivity contribution >= 4 is 28.0 Å². The molecular weight excluding hydrogens is 352 g/mol. The molecular formula is C21H24N6O. The number of aryl methyl sites for hydroxylation is 2. The molecule has 1 amide bonds. The van der Waals surface area contributed by atoms with Gasteiger partial charge in [-0.05, 0) is 45.4 Å². The van der Waals surface area contributed by atoms with Crippen molar-refractivity contribution in [3.05, 3.63) is 54.1 Å². The Bertz CT molecular complexity index is 1140. The lowest BCUT2D eigenvalue weighted by atomic mass is 10.1. The molecule has 144 valence electrons. The Hall–Kier alpha value is -3.22. The molecule has 0 bridgehead atoms. The molecule has 4 rings (SSSR count). The second kappa shape index (κ2) is 7.42. The van der Waals surface area contributed by atoms with Gasteiger partial charge in [0.25, 0.3) is 5.91 Å². The largest absolute Gasteiger partial charge is 0.352 e. The SMILES string of the molecule is Cc1nc2c(cnn2C(C)C)cc1C(=O)NCCCn1cnc2ccccc21. The average Bonchev–Trinajstić information content (AvgIpc) is 3.28. The molecule has 0 radical (unpaired) electrons. The van der Waals surface area contributed by atoms with Gasteiger partial charge in [-0.25, -0.2) is 14.6 Å². The van der Waals surface area contributed by atoms with Crippen molar-refractivity contribution in [2.75, 3.05) is 6.54 Å². The van der Waals surface area contributed by atoms with Crippen molar-refractivity contribution in [2.45, 2.75) is 39.8 Å². The summed E-state index contributed by atoms with van der Waals surface area (Å²) in [6, 6.07) is 10.2.